The van der Waals surface area contributed by atoms with E-state index in [0.29, 0.717) is 0 Å². The number of aromatic nitrogens is 1. The van der Waals surface area contributed by atoms with Gasteiger partial charge in [-0.1, -0.05) is 34.1 Å². The largest absolute Gasteiger partial charge is 0.361 e. The molecule has 0 aliphatic carbocycles. The minimum Gasteiger partial charge on any atom is -0.361 e. The second kappa shape index (κ2) is 3.80. The van der Waals surface area contributed by atoms with E-state index in [1.807, 2.05) is 6.20 Å². The zero-order valence-corrected chi connectivity index (χ0v) is 10.2. The lowest BCUT2D eigenvalue weighted by Crippen LogP contribution is -1.77. The molecule has 1 N–H and O–H groups in total. The molecule has 3 rings (SSSR count). The van der Waals surface area contributed by atoms with Gasteiger partial charge in [0.05, 0.1) is 0 Å². The van der Waals surface area contributed by atoms with Gasteiger partial charge in [-0.05, 0) is 46.8 Å². The first-order valence-corrected chi connectivity index (χ1v) is 5.95. The van der Waals surface area contributed by atoms with Crippen LogP contribution in [0.5, 0.6) is 0 Å². The maximum absolute atomic E-state index is 3.45. The molecule has 0 saturated heterocycles. The lowest BCUT2D eigenvalue weighted by atomic mass is 10.0. The van der Waals surface area contributed by atoms with Crippen LogP contribution in [0.1, 0.15) is 0 Å². The summed E-state index contributed by atoms with van der Waals surface area (Å²) < 4.78 is 1.11. The van der Waals surface area contributed by atoms with E-state index < -0.39 is 0 Å². The first kappa shape index (κ1) is 9.67. The summed E-state index contributed by atoms with van der Waals surface area (Å²) in [5.74, 6) is 0. The molecule has 3 aromatic rings. The third-order valence-corrected chi connectivity index (χ3v) is 3.26. The van der Waals surface area contributed by atoms with Crippen molar-refractivity contribution < 1.29 is 0 Å². The van der Waals surface area contributed by atoms with Gasteiger partial charge in [0.2, 0.25) is 0 Å². The van der Waals surface area contributed by atoms with Crippen molar-refractivity contribution in [3.63, 3.8) is 0 Å². The van der Waals surface area contributed by atoms with E-state index in [9.17, 15) is 0 Å². The highest BCUT2D eigenvalue weighted by Crippen LogP contribution is 2.25. The number of aromatic amines is 1. The molecule has 0 aliphatic heterocycles. The van der Waals surface area contributed by atoms with E-state index in [0.717, 1.165) is 4.47 Å². The zero-order valence-electron chi connectivity index (χ0n) is 8.57. The highest BCUT2D eigenvalue weighted by molar-refractivity contribution is 9.10. The maximum Gasteiger partial charge on any atom is 0.0454 e. The van der Waals surface area contributed by atoms with Crippen molar-refractivity contribution in [2.45, 2.75) is 0 Å². The lowest BCUT2D eigenvalue weighted by Gasteiger charge is -2.02. The van der Waals surface area contributed by atoms with Crippen LogP contribution in [-0.2, 0) is 0 Å². The lowest BCUT2D eigenvalue weighted by molar-refractivity contribution is 1.48. The van der Waals surface area contributed by atoms with Gasteiger partial charge in [0, 0.05) is 16.2 Å². The molecule has 1 heterocycles. The number of nitrogens with one attached hydrogen (secondary N) is 1. The molecule has 16 heavy (non-hydrogen) atoms. The Morgan fingerprint density at radius 3 is 2.38 bits per heavy atom. The fraction of sp³-hybridized carbons (Fsp3) is 0. The van der Waals surface area contributed by atoms with Crippen LogP contribution < -0.4 is 0 Å². The van der Waals surface area contributed by atoms with Gasteiger partial charge in [-0.3, -0.25) is 0 Å². The molecule has 0 amide bonds. The molecule has 0 radical (unpaired) electrons. The quantitative estimate of drug-likeness (QED) is 0.666. The van der Waals surface area contributed by atoms with E-state index in [1.54, 1.807) is 0 Å². The molecule has 1 aromatic heterocycles. The highest BCUT2D eigenvalue weighted by atomic mass is 79.9. The van der Waals surface area contributed by atoms with Crippen LogP contribution in [0.25, 0.3) is 22.0 Å². The van der Waals surface area contributed by atoms with Crippen molar-refractivity contribution in [3.05, 3.63) is 59.2 Å². The summed E-state index contributed by atoms with van der Waals surface area (Å²) in [6.07, 6.45) is 1.97. The maximum atomic E-state index is 3.45. The number of fused-ring (bicyclic) bond motifs is 1. The van der Waals surface area contributed by atoms with Crippen LogP contribution in [0.3, 0.4) is 0 Å². The molecule has 2 aromatic carbocycles. The Balaban J connectivity index is 2.14. The van der Waals surface area contributed by atoms with Crippen molar-refractivity contribution >= 4 is 26.8 Å². The van der Waals surface area contributed by atoms with Crippen molar-refractivity contribution in [2.24, 2.45) is 0 Å². The topological polar surface area (TPSA) is 15.8 Å². The predicted octanol–water partition coefficient (Wildman–Crippen LogP) is 4.60. The standard InChI is InChI=1S/C14H10BrN/c15-13-4-1-10(2-5-13)11-3-6-14-12(9-11)7-8-16-14/h1-9,16H. The summed E-state index contributed by atoms with van der Waals surface area (Å²) in [4.78, 5) is 3.20. The first-order valence-electron chi connectivity index (χ1n) is 5.16. The summed E-state index contributed by atoms with van der Waals surface area (Å²) >= 11 is 3.45. The second-order valence-electron chi connectivity index (χ2n) is 3.79. The summed E-state index contributed by atoms with van der Waals surface area (Å²) in [5, 5.41) is 1.25. The Kier molecular flexibility index (Phi) is 2.29. The summed E-state index contributed by atoms with van der Waals surface area (Å²) in [5.41, 5.74) is 3.67. The smallest absolute Gasteiger partial charge is 0.0454 e. The number of halogens is 1. The van der Waals surface area contributed by atoms with E-state index in [-0.39, 0.29) is 0 Å². The number of benzene rings is 2. The van der Waals surface area contributed by atoms with E-state index >= 15 is 0 Å². The summed E-state index contributed by atoms with van der Waals surface area (Å²) in [7, 11) is 0. The average molecular weight is 272 g/mol. The Morgan fingerprint density at radius 1 is 0.812 bits per heavy atom. The van der Waals surface area contributed by atoms with Crippen molar-refractivity contribution in [1.29, 1.82) is 0 Å². The van der Waals surface area contributed by atoms with Crippen LogP contribution in [0.4, 0.5) is 0 Å². The average Bonchev–Trinajstić information content (AvgIpc) is 2.77. The number of hydrogen-bond donors (Lipinski definition) is 1. The zero-order chi connectivity index (χ0) is 11.0. The van der Waals surface area contributed by atoms with Gasteiger partial charge in [-0.15, -0.1) is 0 Å². The minimum absolute atomic E-state index is 1.11. The Morgan fingerprint density at radius 2 is 1.56 bits per heavy atom. The molecular weight excluding hydrogens is 262 g/mol. The molecule has 78 valence electrons. The molecule has 0 aliphatic rings. The van der Waals surface area contributed by atoms with Crippen LogP contribution in [0.15, 0.2) is 59.2 Å². The van der Waals surface area contributed by atoms with E-state index in [1.165, 1.54) is 22.0 Å². The number of hydrogen-bond acceptors (Lipinski definition) is 0. The number of H-pyrrole nitrogens is 1. The van der Waals surface area contributed by atoms with Crippen molar-refractivity contribution in [2.75, 3.05) is 0 Å². The van der Waals surface area contributed by atoms with Gasteiger partial charge >= 0.3 is 0 Å². The molecule has 0 unspecified atom stereocenters. The Bertz CT molecular complexity index is 623. The highest BCUT2D eigenvalue weighted by Gasteiger charge is 1.99. The molecule has 0 atom stereocenters. The fourth-order valence-electron chi connectivity index (χ4n) is 1.88. The SMILES string of the molecule is Brc1ccc(-c2ccc3[nH]ccc3c2)cc1. The van der Waals surface area contributed by atoms with Gasteiger partial charge < -0.3 is 4.98 Å². The van der Waals surface area contributed by atoms with Gasteiger partial charge in [0.15, 0.2) is 0 Å². The van der Waals surface area contributed by atoms with Gasteiger partial charge in [0.25, 0.3) is 0 Å². The predicted molar refractivity (Wildman–Crippen MR) is 71.4 cm³/mol. The molecule has 0 saturated carbocycles. The minimum atomic E-state index is 1.11. The van der Waals surface area contributed by atoms with E-state index in [4.69, 9.17) is 0 Å². The fourth-order valence-corrected chi connectivity index (χ4v) is 2.14. The Hall–Kier alpha value is -1.54. The van der Waals surface area contributed by atoms with Crippen molar-refractivity contribution in [1.82, 2.24) is 4.98 Å². The molecule has 2 heteroatoms. The van der Waals surface area contributed by atoms with Crippen LogP contribution in [0, 0.1) is 0 Å². The summed E-state index contributed by atoms with van der Waals surface area (Å²) in [6, 6.07) is 16.9. The molecule has 0 spiro atoms. The third-order valence-electron chi connectivity index (χ3n) is 2.73. The van der Waals surface area contributed by atoms with Crippen LogP contribution >= 0.6 is 15.9 Å². The molecule has 0 bridgehead atoms. The van der Waals surface area contributed by atoms with Crippen LogP contribution in [-0.4, -0.2) is 4.98 Å². The van der Waals surface area contributed by atoms with Gasteiger partial charge in [-0.25, -0.2) is 0 Å². The third kappa shape index (κ3) is 1.65. The van der Waals surface area contributed by atoms with Crippen LogP contribution in [0.2, 0.25) is 0 Å². The molecule has 1 nitrogen and oxygen atoms in total. The Labute approximate surface area is 102 Å². The van der Waals surface area contributed by atoms with Gasteiger partial charge in [-0.2, -0.15) is 0 Å². The normalized spacial score (nSPS) is 10.8. The monoisotopic (exact) mass is 271 g/mol. The second-order valence-corrected chi connectivity index (χ2v) is 4.70. The summed E-state index contributed by atoms with van der Waals surface area (Å²) in [6.45, 7) is 0. The molecule has 0 fully saturated rings. The number of rotatable bonds is 1. The first-order chi connectivity index (χ1) is 7.83. The van der Waals surface area contributed by atoms with Gasteiger partial charge in [0.1, 0.15) is 0 Å². The van der Waals surface area contributed by atoms with Crippen molar-refractivity contribution in [3.8, 4) is 11.1 Å². The van der Waals surface area contributed by atoms with E-state index in [2.05, 4.69) is 69.4 Å². The molecular formula is C14H10BrN.